The van der Waals surface area contributed by atoms with Crippen LogP contribution >= 0.6 is 0 Å². The van der Waals surface area contributed by atoms with Crippen LogP contribution in [0.4, 0.5) is 0 Å². The molecule has 0 aromatic carbocycles. The van der Waals surface area contributed by atoms with Crippen LogP contribution in [0.5, 0.6) is 0 Å². The van der Waals surface area contributed by atoms with Crippen molar-refractivity contribution in [1.29, 1.82) is 0 Å². The van der Waals surface area contributed by atoms with Crippen molar-refractivity contribution in [2.45, 2.75) is 84.7 Å². The molecule has 25 heavy (non-hydrogen) atoms. The van der Waals surface area contributed by atoms with Gasteiger partial charge in [-0.05, 0) is 98.2 Å². The van der Waals surface area contributed by atoms with E-state index in [1.54, 1.807) is 0 Å². The van der Waals surface area contributed by atoms with Crippen LogP contribution in [0.1, 0.15) is 78.6 Å². The fourth-order valence-corrected chi connectivity index (χ4v) is 8.27. The van der Waals surface area contributed by atoms with Crippen molar-refractivity contribution in [2.24, 2.45) is 46.3 Å². The zero-order chi connectivity index (χ0) is 18.0. The molecule has 4 rings (SSSR count). The van der Waals surface area contributed by atoms with Crippen LogP contribution in [-0.2, 0) is 4.79 Å². The topological polar surface area (TPSA) is 57.5 Å². The number of carboxylic acid groups (broad SMARTS) is 1. The lowest BCUT2D eigenvalue weighted by Gasteiger charge is -2.61. The average Bonchev–Trinajstić information content (AvgIpc) is 2.92. The summed E-state index contributed by atoms with van der Waals surface area (Å²) in [6.07, 6.45) is 10.5. The lowest BCUT2D eigenvalue weighted by Crippen LogP contribution is -2.54. The SMILES string of the molecule is CC(C(=O)O)C1CCC2C3CCC4CC(O)CCC4(C)C3CCC12C. The van der Waals surface area contributed by atoms with Crippen molar-refractivity contribution in [3.8, 4) is 0 Å². The Bertz CT molecular complexity index is 545. The zero-order valence-corrected chi connectivity index (χ0v) is 16.2. The number of hydrogen-bond donors (Lipinski definition) is 2. The van der Waals surface area contributed by atoms with Crippen LogP contribution < -0.4 is 0 Å². The lowest BCUT2D eigenvalue weighted by molar-refractivity contribution is -0.149. The maximum Gasteiger partial charge on any atom is 0.306 e. The second kappa shape index (κ2) is 5.97. The molecule has 4 aliphatic rings. The number of fused-ring (bicyclic) bond motifs is 5. The Kier molecular flexibility index (Phi) is 4.26. The molecule has 0 amide bonds. The largest absolute Gasteiger partial charge is 0.481 e. The highest BCUT2D eigenvalue weighted by Gasteiger charge is 2.61. The Morgan fingerprint density at radius 2 is 1.64 bits per heavy atom. The molecule has 0 spiro atoms. The molecule has 0 saturated heterocycles. The highest BCUT2D eigenvalue weighted by molar-refractivity contribution is 5.70. The minimum Gasteiger partial charge on any atom is -0.481 e. The predicted molar refractivity (Wildman–Crippen MR) is 98.0 cm³/mol. The highest BCUT2D eigenvalue weighted by Crippen LogP contribution is 2.68. The van der Waals surface area contributed by atoms with E-state index in [2.05, 4.69) is 13.8 Å². The normalized spacial score (nSPS) is 53.4. The molecule has 9 atom stereocenters. The third kappa shape index (κ3) is 2.51. The quantitative estimate of drug-likeness (QED) is 0.758. The van der Waals surface area contributed by atoms with E-state index in [1.807, 2.05) is 6.92 Å². The van der Waals surface area contributed by atoms with E-state index in [9.17, 15) is 15.0 Å². The van der Waals surface area contributed by atoms with E-state index in [-0.39, 0.29) is 17.4 Å². The molecule has 0 aromatic heterocycles. The number of aliphatic hydroxyl groups is 1. The second-order valence-electron chi connectivity index (χ2n) is 10.4. The van der Waals surface area contributed by atoms with Crippen molar-refractivity contribution in [2.75, 3.05) is 0 Å². The van der Waals surface area contributed by atoms with Crippen molar-refractivity contribution < 1.29 is 15.0 Å². The number of carbonyl (C=O) groups is 1. The van der Waals surface area contributed by atoms with Gasteiger partial charge < -0.3 is 10.2 Å². The second-order valence-corrected chi connectivity index (χ2v) is 10.4. The molecule has 3 nitrogen and oxygen atoms in total. The summed E-state index contributed by atoms with van der Waals surface area (Å²) < 4.78 is 0. The predicted octanol–water partition coefficient (Wildman–Crippen LogP) is 4.73. The third-order valence-corrected chi connectivity index (χ3v) is 9.70. The molecule has 0 aliphatic heterocycles. The Morgan fingerprint density at radius 1 is 0.960 bits per heavy atom. The molecule has 0 aromatic rings. The van der Waals surface area contributed by atoms with Gasteiger partial charge in [-0.15, -0.1) is 0 Å². The summed E-state index contributed by atoms with van der Waals surface area (Å²) in [5.41, 5.74) is 0.649. The van der Waals surface area contributed by atoms with Gasteiger partial charge in [-0.2, -0.15) is 0 Å². The maximum atomic E-state index is 11.6. The van der Waals surface area contributed by atoms with Gasteiger partial charge in [-0.25, -0.2) is 0 Å². The molecular formula is C22H36O3. The summed E-state index contributed by atoms with van der Waals surface area (Å²) in [5.74, 6) is 2.57. The Morgan fingerprint density at radius 3 is 2.36 bits per heavy atom. The summed E-state index contributed by atoms with van der Waals surface area (Å²) in [6, 6.07) is 0. The van der Waals surface area contributed by atoms with Gasteiger partial charge in [0.05, 0.1) is 12.0 Å². The van der Waals surface area contributed by atoms with Gasteiger partial charge in [0.2, 0.25) is 0 Å². The molecule has 4 fully saturated rings. The lowest BCUT2D eigenvalue weighted by atomic mass is 9.44. The molecule has 3 heteroatoms. The first-order valence-corrected chi connectivity index (χ1v) is 10.7. The van der Waals surface area contributed by atoms with Crippen molar-refractivity contribution in [1.82, 2.24) is 0 Å². The minimum atomic E-state index is -0.606. The molecule has 2 N–H and O–H groups in total. The molecule has 142 valence electrons. The van der Waals surface area contributed by atoms with Crippen LogP contribution in [0, 0.1) is 46.3 Å². The van der Waals surface area contributed by atoms with E-state index in [0.29, 0.717) is 17.3 Å². The number of aliphatic carboxylic acids is 1. The summed E-state index contributed by atoms with van der Waals surface area (Å²) in [4.78, 5) is 11.6. The summed E-state index contributed by atoms with van der Waals surface area (Å²) in [5, 5.41) is 19.7. The fraction of sp³-hybridized carbons (Fsp3) is 0.955. The average molecular weight is 349 g/mol. The summed E-state index contributed by atoms with van der Waals surface area (Å²) in [7, 11) is 0. The molecule has 0 heterocycles. The monoisotopic (exact) mass is 348 g/mol. The molecule has 0 bridgehead atoms. The van der Waals surface area contributed by atoms with E-state index < -0.39 is 5.97 Å². The Labute approximate surface area is 152 Å². The maximum absolute atomic E-state index is 11.6. The van der Waals surface area contributed by atoms with Gasteiger partial charge in [0.25, 0.3) is 0 Å². The van der Waals surface area contributed by atoms with Crippen LogP contribution in [-0.4, -0.2) is 22.3 Å². The Hall–Kier alpha value is -0.570. The third-order valence-electron chi connectivity index (χ3n) is 9.70. The van der Waals surface area contributed by atoms with E-state index in [0.717, 1.165) is 37.0 Å². The van der Waals surface area contributed by atoms with E-state index in [1.165, 1.54) is 38.5 Å². The molecular weight excluding hydrogens is 312 g/mol. The van der Waals surface area contributed by atoms with Crippen LogP contribution in [0.3, 0.4) is 0 Å². The van der Waals surface area contributed by atoms with Gasteiger partial charge in [0.15, 0.2) is 0 Å². The van der Waals surface area contributed by atoms with Crippen molar-refractivity contribution in [3.63, 3.8) is 0 Å². The summed E-state index contributed by atoms with van der Waals surface area (Å²) >= 11 is 0. The van der Waals surface area contributed by atoms with Gasteiger partial charge in [0.1, 0.15) is 0 Å². The molecule has 9 unspecified atom stereocenters. The van der Waals surface area contributed by atoms with Crippen LogP contribution in [0.2, 0.25) is 0 Å². The molecule has 4 saturated carbocycles. The first-order chi connectivity index (χ1) is 11.8. The Balaban J connectivity index is 1.59. The standard InChI is InChI=1S/C22H36O3/c1-13(20(24)25)17-6-7-18-16-5-4-14-12-15(23)8-10-21(14,2)19(16)9-11-22(17,18)3/h13-19,23H,4-12H2,1-3H3,(H,24,25). The molecule has 4 aliphatic carbocycles. The van der Waals surface area contributed by atoms with Crippen molar-refractivity contribution >= 4 is 5.97 Å². The number of hydrogen-bond acceptors (Lipinski definition) is 2. The van der Waals surface area contributed by atoms with Crippen LogP contribution in [0.25, 0.3) is 0 Å². The van der Waals surface area contributed by atoms with Gasteiger partial charge >= 0.3 is 5.97 Å². The first kappa shape index (κ1) is 17.8. The smallest absolute Gasteiger partial charge is 0.306 e. The van der Waals surface area contributed by atoms with Gasteiger partial charge in [-0.1, -0.05) is 20.8 Å². The van der Waals surface area contributed by atoms with Gasteiger partial charge in [0, 0.05) is 0 Å². The fourth-order valence-electron chi connectivity index (χ4n) is 8.27. The number of aliphatic hydroxyl groups excluding tert-OH is 1. The number of carboxylic acids is 1. The van der Waals surface area contributed by atoms with Crippen LogP contribution in [0.15, 0.2) is 0 Å². The molecule has 0 radical (unpaired) electrons. The van der Waals surface area contributed by atoms with Gasteiger partial charge in [-0.3, -0.25) is 4.79 Å². The summed E-state index contributed by atoms with van der Waals surface area (Å²) in [6.45, 7) is 6.88. The van der Waals surface area contributed by atoms with E-state index in [4.69, 9.17) is 0 Å². The number of rotatable bonds is 2. The minimum absolute atomic E-state index is 0.0734. The zero-order valence-electron chi connectivity index (χ0n) is 16.2. The highest BCUT2D eigenvalue weighted by atomic mass is 16.4. The van der Waals surface area contributed by atoms with E-state index >= 15 is 0 Å². The van der Waals surface area contributed by atoms with Crippen molar-refractivity contribution in [3.05, 3.63) is 0 Å². The first-order valence-electron chi connectivity index (χ1n) is 10.7.